The number of aliphatic hydroxyl groups is 1. The predicted molar refractivity (Wildman–Crippen MR) is 118 cm³/mol. The van der Waals surface area contributed by atoms with Crippen LogP contribution in [-0.4, -0.2) is 60.7 Å². The summed E-state index contributed by atoms with van der Waals surface area (Å²) in [5, 5.41) is 13.2. The zero-order valence-electron chi connectivity index (χ0n) is 18.3. The number of nitrogens with one attached hydrogen (secondary N) is 1. The summed E-state index contributed by atoms with van der Waals surface area (Å²) in [4.78, 5) is 13.1. The van der Waals surface area contributed by atoms with Crippen LogP contribution in [0.5, 0.6) is 17.2 Å². The molecule has 2 unspecified atom stereocenters. The van der Waals surface area contributed by atoms with Gasteiger partial charge >= 0.3 is 0 Å². The van der Waals surface area contributed by atoms with Crippen molar-refractivity contribution in [3.05, 3.63) is 48.0 Å². The molecule has 3 atom stereocenters. The molecule has 1 amide bonds. The number of piperidine rings is 1. The van der Waals surface area contributed by atoms with Gasteiger partial charge < -0.3 is 24.6 Å². The Labute approximate surface area is 187 Å². The van der Waals surface area contributed by atoms with Crippen molar-refractivity contribution in [1.82, 2.24) is 4.90 Å². The third-order valence-electron chi connectivity index (χ3n) is 5.98. The van der Waals surface area contributed by atoms with Gasteiger partial charge in [0, 0.05) is 45.3 Å². The first-order chi connectivity index (χ1) is 15.4. The average molecular weight is 445 g/mol. The summed E-state index contributed by atoms with van der Waals surface area (Å²) in [5.41, 5.74) is 1.09. The average Bonchev–Trinajstić information content (AvgIpc) is 3.12. The Morgan fingerprint density at radius 3 is 2.91 bits per heavy atom. The fraction of sp³-hybridized carbons (Fsp3) is 0.458. The highest BCUT2D eigenvalue weighted by molar-refractivity contribution is 5.90. The second kappa shape index (κ2) is 9.34. The van der Waals surface area contributed by atoms with Crippen molar-refractivity contribution in [2.45, 2.75) is 44.2 Å². The Morgan fingerprint density at radius 2 is 2.19 bits per heavy atom. The summed E-state index contributed by atoms with van der Waals surface area (Å²) in [6.45, 7) is 1.99. The Kier molecular flexibility index (Phi) is 6.53. The molecule has 4 rings (SSSR count). The smallest absolute Gasteiger partial charge is 0.221 e. The van der Waals surface area contributed by atoms with Gasteiger partial charge in [-0.3, -0.25) is 9.69 Å². The van der Waals surface area contributed by atoms with E-state index in [1.165, 1.54) is 14.0 Å². The fourth-order valence-corrected chi connectivity index (χ4v) is 4.40. The lowest BCUT2D eigenvalue weighted by molar-refractivity contribution is -0.114. The van der Waals surface area contributed by atoms with Crippen LogP contribution in [0.3, 0.4) is 0 Å². The van der Waals surface area contributed by atoms with Crippen LogP contribution in [-0.2, 0) is 11.2 Å². The minimum Gasteiger partial charge on any atom is -0.497 e. The van der Waals surface area contributed by atoms with Gasteiger partial charge in [-0.25, -0.2) is 4.39 Å². The van der Waals surface area contributed by atoms with Gasteiger partial charge in [0.25, 0.3) is 0 Å². The van der Waals surface area contributed by atoms with Crippen molar-refractivity contribution >= 4 is 11.6 Å². The maximum atomic E-state index is 15.0. The van der Waals surface area contributed by atoms with E-state index >= 15 is 4.39 Å². The van der Waals surface area contributed by atoms with Crippen LogP contribution in [0, 0.1) is 0 Å². The van der Waals surface area contributed by atoms with Crippen molar-refractivity contribution in [2.75, 3.05) is 32.1 Å². The molecular formula is C24H29FN2O5. The fourth-order valence-electron chi connectivity index (χ4n) is 4.40. The molecular weight excluding hydrogens is 415 g/mol. The van der Waals surface area contributed by atoms with Gasteiger partial charge in [-0.2, -0.15) is 0 Å². The number of amides is 1. The third kappa shape index (κ3) is 4.97. The number of alkyl halides is 1. The van der Waals surface area contributed by atoms with Crippen LogP contribution >= 0.6 is 0 Å². The van der Waals surface area contributed by atoms with Crippen molar-refractivity contribution in [1.29, 1.82) is 0 Å². The molecule has 7 nitrogen and oxygen atoms in total. The number of halogens is 1. The first-order valence-corrected chi connectivity index (χ1v) is 10.8. The van der Waals surface area contributed by atoms with E-state index in [2.05, 4.69) is 5.32 Å². The molecule has 2 aliphatic rings. The lowest BCUT2D eigenvalue weighted by Crippen LogP contribution is -2.53. The Hall–Kier alpha value is -2.84. The first-order valence-electron chi connectivity index (χ1n) is 10.8. The lowest BCUT2D eigenvalue weighted by Gasteiger charge is -2.41. The number of aliphatic hydroxyl groups excluding tert-OH is 1. The number of ether oxygens (including phenoxy) is 3. The van der Waals surface area contributed by atoms with Crippen molar-refractivity contribution < 1.29 is 28.5 Å². The molecule has 1 spiro atoms. The summed E-state index contributed by atoms with van der Waals surface area (Å²) in [5.74, 6) is 1.55. The van der Waals surface area contributed by atoms with Gasteiger partial charge in [0.1, 0.15) is 35.6 Å². The molecule has 8 heteroatoms. The SMILES string of the molecule is COc1ccc(NC(C)=O)c(OC[C@H](O)CN2CCC3(Cc4ccccc4O3)CC2F)c1. The molecule has 172 valence electrons. The zero-order valence-corrected chi connectivity index (χ0v) is 18.3. The van der Waals surface area contributed by atoms with Gasteiger partial charge in [0.15, 0.2) is 6.30 Å². The summed E-state index contributed by atoms with van der Waals surface area (Å²) >= 11 is 0. The number of hydrogen-bond acceptors (Lipinski definition) is 6. The Bertz CT molecular complexity index is 944. The summed E-state index contributed by atoms with van der Waals surface area (Å²) in [6, 6.07) is 12.9. The Morgan fingerprint density at radius 1 is 1.38 bits per heavy atom. The van der Waals surface area contributed by atoms with Gasteiger partial charge in [-0.1, -0.05) is 18.2 Å². The van der Waals surface area contributed by atoms with E-state index in [9.17, 15) is 9.90 Å². The highest BCUT2D eigenvalue weighted by atomic mass is 19.1. The minimum atomic E-state index is -1.21. The molecule has 2 N–H and O–H groups in total. The number of methoxy groups -OCH3 is 1. The maximum absolute atomic E-state index is 15.0. The molecule has 0 aliphatic carbocycles. The van der Waals surface area contributed by atoms with E-state index < -0.39 is 18.0 Å². The molecule has 0 radical (unpaired) electrons. The van der Waals surface area contributed by atoms with Gasteiger partial charge in [-0.15, -0.1) is 0 Å². The van der Waals surface area contributed by atoms with Gasteiger partial charge in [-0.05, 0) is 23.8 Å². The van der Waals surface area contributed by atoms with Crippen molar-refractivity contribution in [3.8, 4) is 17.2 Å². The van der Waals surface area contributed by atoms with E-state index in [1.54, 1.807) is 23.1 Å². The number of fused-ring (bicyclic) bond motifs is 1. The van der Waals surface area contributed by atoms with Crippen LogP contribution in [0.15, 0.2) is 42.5 Å². The maximum Gasteiger partial charge on any atom is 0.221 e. The molecule has 1 fully saturated rings. The molecule has 0 saturated carbocycles. The van der Waals surface area contributed by atoms with Crippen LogP contribution in [0.25, 0.3) is 0 Å². The van der Waals surface area contributed by atoms with Crippen molar-refractivity contribution in [2.24, 2.45) is 0 Å². The van der Waals surface area contributed by atoms with Crippen LogP contribution in [0.1, 0.15) is 25.3 Å². The van der Waals surface area contributed by atoms with Crippen LogP contribution in [0.4, 0.5) is 10.1 Å². The van der Waals surface area contributed by atoms with Crippen molar-refractivity contribution in [3.63, 3.8) is 0 Å². The number of carbonyl (C=O) groups is 1. The molecule has 2 aliphatic heterocycles. The molecule has 2 aromatic rings. The second-order valence-electron chi connectivity index (χ2n) is 8.46. The standard InChI is InChI=1S/C24H29FN2O5/c1-16(28)26-20-8-7-19(30-2)11-22(20)31-15-18(29)14-27-10-9-24(13-23(27)25)12-17-5-3-4-6-21(17)32-24/h3-8,11,18,23,29H,9-10,12-15H2,1-2H3,(H,26,28)/t18-,23?,24?/m1/s1. The van der Waals surface area contributed by atoms with E-state index in [0.717, 1.165) is 11.3 Å². The number of benzene rings is 2. The number of anilines is 1. The van der Waals surface area contributed by atoms with E-state index in [-0.39, 0.29) is 25.5 Å². The van der Waals surface area contributed by atoms with E-state index in [4.69, 9.17) is 14.2 Å². The number of likely N-dealkylation sites (tertiary alicyclic amines) is 1. The van der Waals surface area contributed by atoms with Gasteiger partial charge in [0.2, 0.25) is 5.91 Å². The predicted octanol–water partition coefficient (Wildman–Crippen LogP) is 3.16. The molecule has 32 heavy (non-hydrogen) atoms. The van der Waals surface area contributed by atoms with E-state index in [1.807, 2.05) is 24.3 Å². The number of β-amino-alcohol motifs (C(OH)–C–C–N with tert-alkyl or cyclic N) is 1. The van der Waals surface area contributed by atoms with Crippen LogP contribution in [0.2, 0.25) is 0 Å². The summed E-state index contributed by atoms with van der Waals surface area (Å²) < 4.78 is 32.1. The Balaban J connectivity index is 1.32. The first kappa shape index (κ1) is 22.4. The molecule has 2 heterocycles. The van der Waals surface area contributed by atoms with E-state index in [0.29, 0.717) is 36.6 Å². The minimum absolute atomic E-state index is 0.0456. The number of carbonyl (C=O) groups excluding carboxylic acids is 1. The second-order valence-corrected chi connectivity index (χ2v) is 8.46. The molecule has 1 saturated heterocycles. The third-order valence-corrected chi connectivity index (χ3v) is 5.98. The van der Waals surface area contributed by atoms with Gasteiger partial charge in [0.05, 0.1) is 12.8 Å². The lowest BCUT2D eigenvalue weighted by atomic mass is 9.86. The molecule has 0 bridgehead atoms. The molecule has 2 aromatic carbocycles. The number of nitrogens with zero attached hydrogens (tertiary/aromatic N) is 1. The zero-order chi connectivity index (χ0) is 22.7. The monoisotopic (exact) mass is 444 g/mol. The quantitative estimate of drug-likeness (QED) is 0.639. The topological polar surface area (TPSA) is 80.3 Å². The number of rotatable bonds is 7. The number of hydrogen-bond donors (Lipinski definition) is 2. The highest BCUT2D eigenvalue weighted by Gasteiger charge is 2.46. The number of para-hydroxylation sites is 1. The summed E-state index contributed by atoms with van der Waals surface area (Å²) in [6.07, 6.45) is -0.444. The van der Waals surface area contributed by atoms with Crippen LogP contribution < -0.4 is 19.5 Å². The summed E-state index contributed by atoms with van der Waals surface area (Å²) in [7, 11) is 1.53. The highest BCUT2D eigenvalue weighted by Crippen LogP contribution is 2.42. The molecule has 0 aromatic heterocycles. The largest absolute Gasteiger partial charge is 0.497 e. The normalized spacial score (nSPS) is 23.3.